The van der Waals surface area contributed by atoms with Crippen LogP contribution in [0.3, 0.4) is 0 Å². The molecule has 0 aliphatic carbocycles. The van der Waals surface area contributed by atoms with Gasteiger partial charge in [0.05, 0.1) is 5.92 Å². The summed E-state index contributed by atoms with van der Waals surface area (Å²) in [5.74, 6) is -0.523. The van der Waals surface area contributed by atoms with E-state index in [4.69, 9.17) is 0 Å². The standard InChI is InChI=1S/C9H16N2O3/c1-11(2)9(13)14-8(12)7-3-5-10-6-4-7/h7,10H,3-6H2,1-2H3. The molecule has 0 saturated carbocycles. The Bertz CT molecular complexity index is 222. The maximum Gasteiger partial charge on any atom is 0.416 e. The number of nitrogens with one attached hydrogen (secondary N) is 1. The van der Waals surface area contributed by atoms with E-state index < -0.39 is 12.1 Å². The van der Waals surface area contributed by atoms with Crippen molar-refractivity contribution in [3.63, 3.8) is 0 Å². The van der Waals surface area contributed by atoms with Crippen LogP contribution < -0.4 is 5.32 Å². The third kappa shape index (κ3) is 2.99. The average molecular weight is 200 g/mol. The monoisotopic (exact) mass is 200 g/mol. The summed E-state index contributed by atoms with van der Waals surface area (Å²) in [5, 5.41) is 3.14. The first-order chi connectivity index (χ1) is 6.61. The minimum atomic E-state index is -0.589. The molecule has 0 radical (unpaired) electrons. The van der Waals surface area contributed by atoms with Crippen LogP contribution in [0.2, 0.25) is 0 Å². The maximum atomic E-state index is 11.4. The van der Waals surface area contributed by atoms with Gasteiger partial charge in [0.1, 0.15) is 0 Å². The molecule has 1 N–H and O–H groups in total. The van der Waals surface area contributed by atoms with Crippen LogP contribution in [0.25, 0.3) is 0 Å². The van der Waals surface area contributed by atoms with Crippen molar-refractivity contribution in [1.82, 2.24) is 10.2 Å². The summed E-state index contributed by atoms with van der Waals surface area (Å²) in [6, 6.07) is 0. The number of nitrogens with zero attached hydrogens (tertiary/aromatic N) is 1. The lowest BCUT2D eigenvalue weighted by Gasteiger charge is -2.21. The van der Waals surface area contributed by atoms with Crippen molar-refractivity contribution in [2.75, 3.05) is 27.2 Å². The molecule has 1 aliphatic rings. The lowest BCUT2D eigenvalue weighted by Crippen LogP contribution is -2.35. The second kappa shape index (κ2) is 4.95. The van der Waals surface area contributed by atoms with Crippen LogP contribution in [0.4, 0.5) is 4.79 Å². The quantitative estimate of drug-likeness (QED) is 0.485. The summed E-state index contributed by atoms with van der Waals surface area (Å²) in [4.78, 5) is 23.7. The Labute approximate surface area is 83.4 Å². The van der Waals surface area contributed by atoms with E-state index >= 15 is 0 Å². The van der Waals surface area contributed by atoms with Crippen molar-refractivity contribution in [2.45, 2.75) is 12.8 Å². The molecule has 1 rings (SSSR count). The van der Waals surface area contributed by atoms with Gasteiger partial charge in [0.25, 0.3) is 0 Å². The van der Waals surface area contributed by atoms with Crippen LogP contribution in [0.1, 0.15) is 12.8 Å². The molecule has 5 nitrogen and oxygen atoms in total. The van der Waals surface area contributed by atoms with E-state index in [2.05, 4.69) is 10.1 Å². The minimum absolute atomic E-state index is 0.125. The summed E-state index contributed by atoms with van der Waals surface area (Å²) in [6.07, 6.45) is 0.910. The number of esters is 1. The Morgan fingerprint density at radius 3 is 2.36 bits per heavy atom. The summed E-state index contributed by atoms with van der Waals surface area (Å²) in [5.41, 5.74) is 0. The Balaban J connectivity index is 2.37. The van der Waals surface area contributed by atoms with Gasteiger partial charge in [-0.25, -0.2) is 4.79 Å². The number of ether oxygens (including phenoxy) is 1. The largest absolute Gasteiger partial charge is 0.416 e. The number of piperidine rings is 1. The van der Waals surface area contributed by atoms with Crippen molar-refractivity contribution in [3.8, 4) is 0 Å². The molecule has 1 aliphatic heterocycles. The van der Waals surface area contributed by atoms with E-state index in [0.29, 0.717) is 0 Å². The molecule has 14 heavy (non-hydrogen) atoms. The summed E-state index contributed by atoms with van der Waals surface area (Å²) in [6.45, 7) is 1.63. The minimum Gasteiger partial charge on any atom is -0.376 e. The molecule has 0 atom stereocenters. The van der Waals surface area contributed by atoms with Crippen LogP contribution >= 0.6 is 0 Å². The fourth-order valence-electron chi connectivity index (χ4n) is 1.32. The van der Waals surface area contributed by atoms with E-state index in [0.717, 1.165) is 25.9 Å². The second-order valence-corrected chi connectivity index (χ2v) is 3.61. The van der Waals surface area contributed by atoms with Gasteiger partial charge in [-0.2, -0.15) is 0 Å². The molecule has 0 bridgehead atoms. The molecule has 1 heterocycles. The number of carbonyl (C=O) groups excluding carboxylic acids is 2. The van der Waals surface area contributed by atoms with Gasteiger partial charge in [-0.15, -0.1) is 0 Å². The van der Waals surface area contributed by atoms with Crippen molar-refractivity contribution in [3.05, 3.63) is 0 Å². The van der Waals surface area contributed by atoms with Crippen LogP contribution in [0, 0.1) is 5.92 Å². The number of hydrogen-bond donors (Lipinski definition) is 1. The zero-order valence-corrected chi connectivity index (χ0v) is 8.58. The fourth-order valence-corrected chi connectivity index (χ4v) is 1.32. The highest BCUT2D eigenvalue weighted by atomic mass is 16.6. The van der Waals surface area contributed by atoms with E-state index in [1.165, 1.54) is 4.90 Å². The van der Waals surface area contributed by atoms with E-state index in [1.807, 2.05) is 0 Å². The first-order valence-electron chi connectivity index (χ1n) is 4.75. The van der Waals surface area contributed by atoms with Gasteiger partial charge in [-0.3, -0.25) is 4.79 Å². The van der Waals surface area contributed by atoms with Gasteiger partial charge >= 0.3 is 12.1 Å². The van der Waals surface area contributed by atoms with Crippen LogP contribution in [-0.4, -0.2) is 44.1 Å². The molecule has 0 aromatic rings. The smallest absolute Gasteiger partial charge is 0.376 e. The number of hydrogen-bond acceptors (Lipinski definition) is 4. The van der Waals surface area contributed by atoms with E-state index in [-0.39, 0.29) is 5.92 Å². The molecule has 1 saturated heterocycles. The summed E-state index contributed by atoms with van der Waals surface area (Å²) >= 11 is 0. The van der Waals surface area contributed by atoms with Gasteiger partial charge in [0.2, 0.25) is 0 Å². The first-order valence-corrected chi connectivity index (χ1v) is 4.75. The molecule has 0 spiro atoms. The number of amides is 1. The molecule has 0 aromatic carbocycles. The Morgan fingerprint density at radius 2 is 1.86 bits per heavy atom. The van der Waals surface area contributed by atoms with Crippen LogP contribution in [0.5, 0.6) is 0 Å². The lowest BCUT2D eigenvalue weighted by molar-refractivity contribution is -0.143. The summed E-state index contributed by atoms with van der Waals surface area (Å²) < 4.78 is 4.67. The SMILES string of the molecule is CN(C)C(=O)OC(=O)C1CCNCC1. The van der Waals surface area contributed by atoms with Crippen molar-refractivity contribution in [1.29, 1.82) is 0 Å². The van der Waals surface area contributed by atoms with Crippen molar-refractivity contribution < 1.29 is 14.3 Å². The van der Waals surface area contributed by atoms with Crippen LogP contribution in [0.15, 0.2) is 0 Å². The maximum absolute atomic E-state index is 11.4. The van der Waals surface area contributed by atoms with Crippen LogP contribution in [-0.2, 0) is 9.53 Å². The Morgan fingerprint density at radius 1 is 1.29 bits per heavy atom. The number of carbonyl (C=O) groups is 2. The summed E-state index contributed by atoms with van der Waals surface area (Å²) in [7, 11) is 3.11. The predicted molar refractivity (Wildman–Crippen MR) is 50.8 cm³/mol. The van der Waals surface area contributed by atoms with Crippen molar-refractivity contribution >= 4 is 12.1 Å². The highest BCUT2D eigenvalue weighted by Crippen LogP contribution is 2.13. The Hall–Kier alpha value is -1.10. The predicted octanol–water partition coefficient (Wildman–Crippen LogP) is 0.211. The third-order valence-corrected chi connectivity index (χ3v) is 2.23. The topological polar surface area (TPSA) is 58.6 Å². The molecule has 0 aromatic heterocycles. The van der Waals surface area contributed by atoms with Crippen molar-refractivity contribution in [2.24, 2.45) is 5.92 Å². The second-order valence-electron chi connectivity index (χ2n) is 3.61. The lowest BCUT2D eigenvalue weighted by atomic mass is 9.99. The average Bonchev–Trinajstić information content (AvgIpc) is 2.19. The highest BCUT2D eigenvalue weighted by molar-refractivity contribution is 5.85. The van der Waals surface area contributed by atoms with Gasteiger partial charge in [0, 0.05) is 14.1 Å². The van der Waals surface area contributed by atoms with Gasteiger partial charge in [0.15, 0.2) is 0 Å². The third-order valence-electron chi connectivity index (χ3n) is 2.23. The zero-order chi connectivity index (χ0) is 10.6. The molecule has 5 heteroatoms. The fraction of sp³-hybridized carbons (Fsp3) is 0.778. The normalized spacial score (nSPS) is 17.6. The molecule has 1 fully saturated rings. The molecule has 1 amide bonds. The van der Waals surface area contributed by atoms with E-state index in [1.54, 1.807) is 14.1 Å². The highest BCUT2D eigenvalue weighted by Gasteiger charge is 2.24. The van der Waals surface area contributed by atoms with Gasteiger partial charge in [-0.1, -0.05) is 0 Å². The molecular formula is C9H16N2O3. The Kier molecular flexibility index (Phi) is 3.88. The molecule has 0 unspecified atom stereocenters. The first kappa shape index (κ1) is 11.0. The van der Waals surface area contributed by atoms with Gasteiger partial charge < -0.3 is 15.0 Å². The molecule has 80 valence electrons. The zero-order valence-electron chi connectivity index (χ0n) is 8.58. The molecular weight excluding hydrogens is 184 g/mol. The number of rotatable bonds is 1. The van der Waals surface area contributed by atoms with E-state index in [9.17, 15) is 9.59 Å². The van der Waals surface area contributed by atoms with Gasteiger partial charge in [-0.05, 0) is 25.9 Å².